The molecule has 0 heterocycles. The quantitative estimate of drug-likeness (QED) is 0.817. The van der Waals surface area contributed by atoms with Gasteiger partial charge in [0.25, 0.3) is 0 Å². The second-order valence-corrected chi connectivity index (χ2v) is 5.20. The Morgan fingerprint density at radius 1 is 1.29 bits per heavy atom. The molecule has 0 amide bonds. The molecule has 3 nitrogen and oxygen atoms in total. The second kappa shape index (κ2) is 5.07. The lowest BCUT2D eigenvalue weighted by atomic mass is 9.75. The van der Waals surface area contributed by atoms with Crippen LogP contribution in [0.2, 0.25) is 0 Å². The molecule has 0 atom stereocenters. The summed E-state index contributed by atoms with van der Waals surface area (Å²) in [7, 11) is 4.31. The molecule has 1 aromatic carbocycles. The molecule has 1 aromatic rings. The second-order valence-electron chi connectivity index (χ2n) is 5.20. The fourth-order valence-electron chi connectivity index (χ4n) is 2.46. The number of para-hydroxylation sites is 1. The van der Waals surface area contributed by atoms with Gasteiger partial charge in [-0.3, -0.25) is 0 Å². The summed E-state index contributed by atoms with van der Waals surface area (Å²) in [5.74, 6) is 0.382. The zero-order valence-corrected chi connectivity index (χ0v) is 10.7. The highest BCUT2D eigenvalue weighted by Crippen LogP contribution is 2.35. The number of phenolic OH excluding ortho intramolecular Hbond substituents is 1. The molecule has 0 aliphatic heterocycles. The minimum absolute atomic E-state index is 0.338. The zero-order chi connectivity index (χ0) is 12.3. The monoisotopic (exact) mass is 234 g/mol. The summed E-state index contributed by atoms with van der Waals surface area (Å²) in [6.07, 6.45) is 3.87. The van der Waals surface area contributed by atoms with Crippen molar-refractivity contribution in [1.29, 1.82) is 0 Å². The fraction of sp³-hybridized carbons (Fsp3) is 0.571. The highest BCUT2D eigenvalue weighted by Gasteiger charge is 2.38. The first kappa shape index (κ1) is 12.4. The van der Waals surface area contributed by atoms with Crippen LogP contribution < -0.4 is 5.32 Å². The first-order chi connectivity index (χ1) is 8.14. The van der Waals surface area contributed by atoms with Gasteiger partial charge in [0.15, 0.2) is 0 Å². The average molecular weight is 234 g/mol. The molecule has 1 fully saturated rings. The van der Waals surface area contributed by atoms with E-state index in [1.54, 1.807) is 6.07 Å². The summed E-state index contributed by atoms with van der Waals surface area (Å²) in [5.41, 5.74) is 1.31. The van der Waals surface area contributed by atoms with Crippen LogP contribution in [-0.4, -0.2) is 36.2 Å². The maximum Gasteiger partial charge on any atom is 0.120 e. The lowest BCUT2D eigenvalue weighted by Crippen LogP contribution is -2.56. The number of nitrogens with one attached hydrogen (secondary N) is 1. The smallest absolute Gasteiger partial charge is 0.120 e. The maximum absolute atomic E-state index is 9.67. The van der Waals surface area contributed by atoms with Crippen molar-refractivity contribution in [3.05, 3.63) is 29.8 Å². The van der Waals surface area contributed by atoms with E-state index in [1.165, 1.54) is 19.3 Å². The van der Waals surface area contributed by atoms with Gasteiger partial charge in [-0.1, -0.05) is 18.2 Å². The highest BCUT2D eigenvalue weighted by molar-refractivity contribution is 5.31. The minimum Gasteiger partial charge on any atom is -0.508 e. The third-order valence-electron chi connectivity index (χ3n) is 3.99. The van der Waals surface area contributed by atoms with Crippen LogP contribution in [0.1, 0.15) is 24.8 Å². The number of hydrogen-bond donors (Lipinski definition) is 2. The van der Waals surface area contributed by atoms with Gasteiger partial charge in [-0.2, -0.15) is 0 Å². The van der Waals surface area contributed by atoms with Crippen LogP contribution in [0.3, 0.4) is 0 Å². The van der Waals surface area contributed by atoms with E-state index in [0.29, 0.717) is 11.3 Å². The third-order valence-corrected chi connectivity index (χ3v) is 3.99. The van der Waals surface area contributed by atoms with Gasteiger partial charge in [-0.25, -0.2) is 0 Å². The minimum atomic E-state index is 0.338. The molecule has 0 bridgehead atoms. The van der Waals surface area contributed by atoms with Crippen molar-refractivity contribution < 1.29 is 5.11 Å². The molecule has 2 N–H and O–H groups in total. The number of nitrogens with zero attached hydrogens (tertiary/aromatic N) is 1. The number of hydrogen-bond acceptors (Lipinski definition) is 3. The van der Waals surface area contributed by atoms with Gasteiger partial charge in [-0.15, -0.1) is 0 Å². The van der Waals surface area contributed by atoms with Crippen molar-refractivity contribution >= 4 is 0 Å². The zero-order valence-electron chi connectivity index (χ0n) is 10.7. The summed E-state index contributed by atoms with van der Waals surface area (Å²) < 4.78 is 0. The molecule has 3 heteroatoms. The Hall–Kier alpha value is -1.06. The number of phenols is 1. The SMILES string of the molecule is CN(C)C1(CNCc2ccccc2O)CCC1. The van der Waals surface area contributed by atoms with Gasteiger partial charge in [0, 0.05) is 24.2 Å². The van der Waals surface area contributed by atoms with E-state index >= 15 is 0 Å². The Bertz CT molecular complexity index is 372. The van der Waals surface area contributed by atoms with Gasteiger partial charge in [0.1, 0.15) is 5.75 Å². The van der Waals surface area contributed by atoms with Gasteiger partial charge < -0.3 is 15.3 Å². The van der Waals surface area contributed by atoms with E-state index in [9.17, 15) is 5.11 Å². The normalized spacial score (nSPS) is 18.1. The van der Waals surface area contributed by atoms with E-state index in [0.717, 1.165) is 18.7 Å². The van der Waals surface area contributed by atoms with Crippen LogP contribution in [0.25, 0.3) is 0 Å². The van der Waals surface area contributed by atoms with Crippen molar-refractivity contribution in [2.24, 2.45) is 0 Å². The van der Waals surface area contributed by atoms with Crippen LogP contribution >= 0.6 is 0 Å². The Labute approximate surface area is 103 Å². The molecule has 0 saturated heterocycles. The fourth-order valence-corrected chi connectivity index (χ4v) is 2.46. The molecule has 0 aromatic heterocycles. The Balaban J connectivity index is 1.85. The number of rotatable bonds is 5. The number of likely N-dealkylation sites (N-methyl/N-ethyl adjacent to an activating group) is 1. The van der Waals surface area contributed by atoms with Gasteiger partial charge in [-0.05, 0) is 39.4 Å². The van der Waals surface area contributed by atoms with Gasteiger partial charge in [0.05, 0.1) is 0 Å². The number of aromatic hydroxyl groups is 1. The summed E-state index contributed by atoms with van der Waals surface area (Å²) in [5, 5.41) is 13.1. The molecule has 1 aliphatic rings. The third kappa shape index (κ3) is 2.61. The first-order valence-corrected chi connectivity index (χ1v) is 6.29. The predicted molar refractivity (Wildman–Crippen MR) is 70.1 cm³/mol. The lowest BCUT2D eigenvalue weighted by Gasteiger charge is -2.47. The van der Waals surface area contributed by atoms with Crippen molar-refractivity contribution in [2.45, 2.75) is 31.3 Å². The van der Waals surface area contributed by atoms with Crippen molar-refractivity contribution in [3.63, 3.8) is 0 Å². The molecule has 0 spiro atoms. The topological polar surface area (TPSA) is 35.5 Å². The molecule has 0 radical (unpaired) electrons. The lowest BCUT2D eigenvalue weighted by molar-refractivity contribution is 0.0598. The van der Waals surface area contributed by atoms with Crippen LogP contribution in [-0.2, 0) is 6.54 Å². The number of benzene rings is 1. The molecule has 1 saturated carbocycles. The first-order valence-electron chi connectivity index (χ1n) is 6.29. The van der Waals surface area contributed by atoms with Crippen molar-refractivity contribution in [2.75, 3.05) is 20.6 Å². The van der Waals surface area contributed by atoms with E-state index in [-0.39, 0.29) is 0 Å². The molecule has 2 rings (SSSR count). The summed E-state index contributed by atoms with van der Waals surface area (Å²) in [6, 6.07) is 7.52. The largest absolute Gasteiger partial charge is 0.508 e. The maximum atomic E-state index is 9.67. The van der Waals surface area contributed by atoms with Crippen molar-refractivity contribution in [3.8, 4) is 5.75 Å². The van der Waals surface area contributed by atoms with Crippen LogP contribution in [0.5, 0.6) is 5.75 Å². The average Bonchev–Trinajstić information content (AvgIpc) is 2.23. The summed E-state index contributed by atoms with van der Waals surface area (Å²) in [6.45, 7) is 1.73. The highest BCUT2D eigenvalue weighted by atomic mass is 16.3. The van der Waals surface area contributed by atoms with E-state index in [2.05, 4.69) is 24.3 Å². The van der Waals surface area contributed by atoms with E-state index in [4.69, 9.17) is 0 Å². The summed E-state index contributed by atoms with van der Waals surface area (Å²) >= 11 is 0. The Kier molecular flexibility index (Phi) is 3.69. The molecule has 1 aliphatic carbocycles. The van der Waals surface area contributed by atoms with Gasteiger partial charge >= 0.3 is 0 Å². The molecule has 94 valence electrons. The van der Waals surface area contributed by atoms with Crippen LogP contribution in [0, 0.1) is 0 Å². The van der Waals surface area contributed by atoms with Crippen LogP contribution in [0.4, 0.5) is 0 Å². The predicted octanol–water partition coefficient (Wildman–Crippen LogP) is 1.97. The summed E-state index contributed by atoms with van der Waals surface area (Å²) in [4.78, 5) is 2.33. The Morgan fingerprint density at radius 2 is 2.00 bits per heavy atom. The van der Waals surface area contributed by atoms with E-state index in [1.807, 2.05) is 18.2 Å². The van der Waals surface area contributed by atoms with Gasteiger partial charge in [0.2, 0.25) is 0 Å². The molecular formula is C14H22N2O. The Morgan fingerprint density at radius 3 is 2.53 bits per heavy atom. The molecular weight excluding hydrogens is 212 g/mol. The molecule has 17 heavy (non-hydrogen) atoms. The van der Waals surface area contributed by atoms with E-state index < -0.39 is 0 Å². The molecule has 0 unspecified atom stereocenters. The standard InChI is InChI=1S/C14H22N2O/c1-16(2)14(8-5-9-14)11-15-10-12-6-3-4-7-13(12)17/h3-4,6-7,15,17H,5,8-11H2,1-2H3. The van der Waals surface area contributed by atoms with Crippen molar-refractivity contribution in [1.82, 2.24) is 10.2 Å². The van der Waals surface area contributed by atoms with Crippen LogP contribution in [0.15, 0.2) is 24.3 Å².